The minimum atomic E-state index is -0.270. The van der Waals surface area contributed by atoms with Gasteiger partial charge in [0.15, 0.2) is 5.82 Å². The van der Waals surface area contributed by atoms with Gasteiger partial charge in [0, 0.05) is 24.2 Å². The summed E-state index contributed by atoms with van der Waals surface area (Å²) in [7, 11) is 0. The molecule has 0 atom stereocenters. The zero-order chi connectivity index (χ0) is 14.7. The first-order valence-electron chi connectivity index (χ1n) is 6.11. The van der Waals surface area contributed by atoms with Gasteiger partial charge in [-0.15, -0.1) is 0 Å². The van der Waals surface area contributed by atoms with Crippen LogP contribution in [0.25, 0.3) is 5.82 Å². The normalized spacial score (nSPS) is 10.3. The maximum Gasteiger partial charge on any atom is 0.255 e. The van der Waals surface area contributed by atoms with Crippen LogP contribution in [0.2, 0.25) is 5.15 Å². The fourth-order valence-electron chi connectivity index (χ4n) is 1.75. The number of pyridine rings is 2. The molecule has 21 heavy (non-hydrogen) atoms. The molecule has 0 radical (unpaired) electrons. The Morgan fingerprint density at radius 3 is 2.76 bits per heavy atom. The van der Waals surface area contributed by atoms with Crippen LogP contribution in [0.3, 0.4) is 0 Å². The highest BCUT2D eigenvalue weighted by atomic mass is 35.5. The number of halogens is 1. The highest BCUT2D eigenvalue weighted by Crippen LogP contribution is 2.12. The van der Waals surface area contributed by atoms with E-state index in [1.54, 1.807) is 41.5 Å². The summed E-state index contributed by atoms with van der Waals surface area (Å²) in [6, 6.07) is 8.42. The smallest absolute Gasteiger partial charge is 0.255 e. The zero-order valence-corrected chi connectivity index (χ0v) is 11.5. The van der Waals surface area contributed by atoms with Crippen molar-refractivity contribution in [3.8, 4) is 5.82 Å². The van der Waals surface area contributed by atoms with Crippen LogP contribution < -0.4 is 5.32 Å². The lowest BCUT2D eigenvalue weighted by Crippen LogP contribution is -2.12. The van der Waals surface area contributed by atoms with Crippen molar-refractivity contribution < 1.29 is 4.79 Å². The molecule has 3 aromatic rings. The number of rotatable bonds is 3. The van der Waals surface area contributed by atoms with Crippen molar-refractivity contribution >= 4 is 23.2 Å². The molecule has 3 rings (SSSR count). The van der Waals surface area contributed by atoms with Crippen molar-refractivity contribution in [2.24, 2.45) is 0 Å². The van der Waals surface area contributed by atoms with Crippen LogP contribution in [0.5, 0.6) is 0 Å². The van der Waals surface area contributed by atoms with E-state index in [0.29, 0.717) is 17.1 Å². The summed E-state index contributed by atoms with van der Waals surface area (Å²) in [4.78, 5) is 20.1. The molecule has 1 amide bonds. The summed E-state index contributed by atoms with van der Waals surface area (Å²) >= 11 is 5.76. The van der Waals surface area contributed by atoms with E-state index in [1.807, 2.05) is 6.07 Å². The molecular formula is C14H10ClN5O. The molecule has 0 aliphatic rings. The molecule has 0 saturated carbocycles. The van der Waals surface area contributed by atoms with Crippen molar-refractivity contribution in [2.45, 2.75) is 0 Å². The van der Waals surface area contributed by atoms with Gasteiger partial charge in [-0.3, -0.25) is 4.79 Å². The van der Waals surface area contributed by atoms with Crippen LogP contribution in [0.1, 0.15) is 10.4 Å². The summed E-state index contributed by atoms with van der Waals surface area (Å²) in [6.45, 7) is 0. The van der Waals surface area contributed by atoms with E-state index in [9.17, 15) is 4.79 Å². The molecule has 3 aromatic heterocycles. The van der Waals surface area contributed by atoms with Crippen LogP contribution in [0, 0.1) is 0 Å². The Hall–Kier alpha value is -2.73. The van der Waals surface area contributed by atoms with Gasteiger partial charge in [-0.05, 0) is 30.3 Å². The van der Waals surface area contributed by atoms with Crippen LogP contribution in [0.4, 0.5) is 5.69 Å². The lowest BCUT2D eigenvalue weighted by molar-refractivity contribution is 0.102. The summed E-state index contributed by atoms with van der Waals surface area (Å²) in [6.07, 6.45) is 6.51. The molecule has 6 nitrogen and oxygen atoms in total. The number of nitrogens with one attached hydrogen (secondary N) is 1. The van der Waals surface area contributed by atoms with Crippen molar-refractivity contribution in [3.63, 3.8) is 0 Å². The zero-order valence-electron chi connectivity index (χ0n) is 10.8. The van der Waals surface area contributed by atoms with Gasteiger partial charge in [0.1, 0.15) is 5.15 Å². The molecular weight excluding hydrogens is 290 g/mol. The van der Waals surface area contributed by atoms with Gasteiger partial charge >= 0.3 is 0 Å². The largest absolute Gasteiger partial charge is 0.321 e. The average molecular weight is 300 g/mol. The second-order valence-corrected chi connectivity index (χ2v) is 4.56. The SMILES string of the molecule is O=C(Nc1ccc(-n2cccn2)nc1)c1ccnc(Cl)c1. The monoisotopic (exact) mass is 299 g/mol. The maximum atomic E-state index is 12.0. The third-order valence-corrected chi connectivity index (χ3v) is 2.94. The molecule has 104 valence electrons. The first-order valence-corrected chi connectivity index (χ1v) is 6.49. The molecule has 7 heteroatoms. The number of hydrogen-bond acceptors (Lipinski definition) is 4. The number of amides is 1. The number of anilines is 1. The second kappa shape index (κ2) is 5.72. The van der Waals surface area contributed by atoms with E-state index in [0.717, 1.165) is 0 Å². The molecule has 0 saturated heterocycles. The van der Waals surface area contributed by atoms with Crippen LogP contribution in [-0.2, 0) is 0 Å². The van der Waals surface area contributed by atoms with Crippen LogP contribution in [-0.4, -0.2) is 25.7 Å². The van der Waals surface area contributed by atoms with E-state index in [-0.39, 0.29) is 11.1 Å². The van der Waals surface area contributed by atoms with Gasteiger partial charge in [0.05, 0.1) is 11.9 Å². The maximum absolute atomic E-state index is 12.0. The Bertz CT molecular complexity index is 755. The van der Waals surface area contributed by atoms with Gasteiger partial charge in [0.2, 0.25) is 0 Å². The predicted octanol–water partition coefficient (Wildman–Crippen LogP) is 2.57. The standard InChI is InChI=1S/C14H10ClN5O/c15-12-8-10(4-6-16-12)14(21)19-11-2-3-13(17-9-11)20-7-1-5-18-20/h1-9H,(H,19,21). The Labute approximate surface area is 125 Å². The molecule has 0 aliphatic carbocycles. The molecule has 0 unspecified atom stereocenters. The van der Waals surface area contributed by atoms with Crippen molar-refractivity contribution in [1.82, 2.24) is 19.7 Å². The lowest BCUT2D eigenvalue weighted by Gasteiger charge is -2.06. The highest BCUT2D eigenvalue weighted by Gasteiger charge is 2.07. The molecule has 0 fully saturated rings. The van der Waals surface area contributed by atoms with E-state index in [4.69, 9.17) is 11.6 Å². The van der Waals surface area contributed by atoms with Gasteiger partial charge in [-0.2, -0.15) is 5.10 Å². The molecule has 3 heterocycles. The first-order chi connectivity index (χ1) is 10.2. The molecule has 0 aromatic carbocycles. The highest BCUT2D eigenvalue weighted by molar-refractivity contribution is 6.29. The fraction of sp³-hybridized carbons (Fsp3) is 0. The van der Waals surface area contributed by atoms with Crippen molar-refractivity contribution in [3.05, 3.63) is 65.8 Å². The number of hydrogen-bond donors (Lipinski definition) is 1. The minimum Gasteiger partial charge on any atom is -0.321 e. The Kier molecular flexibility index (Phi) is 3.61. The molecule has 1 N–H and O–H groups in total. The lowest BCUT2D eigenvalue weighted by atomic mass is 10.2. The Balaban J connectivity index is 1.75. The minimum absolute atomic E-state index is 0.270. The van der Waals surface area contributed by atoms with E-state index >= 15 is 0 Å². The molecule has 0 spiro atoms. The number of carbonyl (C=O) groups is 1. The van der Waals surface area contributed by atoms with Crippen molar-refractivity contribution in [2.75, 3.05) is 5.32 Å². The third-order valence-electron chi connectivity index (χ3n) is 2.73. The predicted molar refractivity (Wildman–Crippen MR) is 78.6 cm³/mol. The van der Waals surface area contributed by atoms with Crippen LogP contribution >= 0.6 is 11.6 Å². The van der Waals surface area contributed by atoms with E-state index in [2.05, 4.69) is 20.4 Å². The van der Waals surface area contributed by atoms with Crippen molar-refractivity contribution in [1.29, 1.82) is 0 Å². The number of carbonyl (C=O) groups excluding carboxylic acids is 1. The fourth-order valence-corrected chi connectivity index (χ4v) is 1.92. The van der Waals surface area contributed by atoms with Gasteiger partial charge < -0.3 is 5.32 Å². The van der Waals surface area contributed by atoms with Gasteiger partial charge in [-0.1, -0.05) is 11.6 Å². The molecule has 0 aliphatic heterocycles. The van der Waals surface area contributed by atoms with E-state index in [1.165, 1.54) is 12.3 Å². The summed E-state index contributed by atoms with van der Waals surface area (Å²) in [5.74, 6) is 0.401. The Morgan fingerprint density at radius 2 is 2.10 bits per heavy atom. The average Bonchev–Trinajstić information content (AvgIpc) is 3.02. The van der Waals surface area contributed by atoms with Crippen LogP contribution in [0.15, 0.2) is 55.1 Å². The quantitative estimate of drug-likeness (QED) is 0.754. The summed E-state index contributed by atoms with van der Waals surface area (Å²) in [5, 5.41) is 7.09. The first kappa shape index (κ1) is 13.3. The Morgan fingerprint density at radius 1 is 1.19 bits per heavy atom. The van der Waals surface area contributed by atoms with Gasteiger partial charge in [0.25, 0.3) is 5.91 Å². The number of nitrogens with zero attached hydrogens (tertiary/aromatic N) is 4. The summed E-state index contributed by atoms with van der Waals surface area (Å²) in [5.41, 5.74) is 1.02. The van der Waals surface area contributed by atoms with E-state index < -0.39 is 0 Å². The van der Waals surface area contributed by atoms with Gasteiger partial charge in [-0.25, -0.2) is 14.6 Å². The molecule has 0 bridgehead atoms. The second-order valence-electron chi connectivity index (χ2n) is 4.18. The topological polar surface area (TPSA) is 72.7 Å². The number of aromatic nitrogens is 4. The third kappa shape index (κ3) is 3.06. The summed E-state index contributed by atoms with van der Waals surface area (Å²) < 4.78 is 1.63.